The van der Waals surface area contributed by atoms with Crippen molar-refractivity contribution in [2.45, 2.75) is 18.9 Å². The van der Waals surface area contributed by atoms with E-state index in [4.69, 9.17) is 5.11 Å². The van der Waals surface area contributed by atoms with Gasteiger partial charge in [-0.2, -0.15) is 9.90 Å². The van der Waals surface area contributed by atoms with Gasteiger partial charge in [0.05, 0.1) is 11.9 Å². The molecule has 21 heavy (non-hydrogen) atoms. The minimum atomic E-state index is -0.976. The SMILES string of the molecule is O=C(O)[C@@H]1CCCN1C(=O)c1cnn(-c2ccccc2)n1. The summed E-state index contributed by atoms with van der Waals surface area (Å²) in [5, 5.41) is 17.3. The van der Waals surface area contributed by atoms with Crippen LogP contribution in [0.15, 0.2) is 36.5 Å². The average Bonchev–Trinajstić information content (AvgIpc) is 3.17. The molecule has 1 aliphatic rings. The van der Waals surface area contributed by atoms with Crippen LogP contribution >= 0.6 is 0 Å². The molecule has 0 spiro atoms. The number of hydrogen-bond donors (Lipinski definition) is 1. The molecule has 1 amide bonds. The number of carboxylic acid groups (broad SMARTS) is 1. The van der Waals surface area contributed by atoms with E-state index in [1.165, 1.54) is 15.9 Å². The molecule has 1 atom stereocenters. The van der Waals surface area contributed by atoms with Gasteiger partial charge in [-0.1, -0.05) is 18.2 Å². The molecule has 1 aromatic carbocycles. The molecule has 1 aromatic heterocycles. The lowest BCUT2D eigenvalue weighted by Crippen LogP contribution is -2.40. The van der Waals surface area contributed by atoms with E-state index in [1.807, 2.05) is 30.3 Å². The number of benzene rings is 1. The fourth-order valence-electron chi connectivity index (χ4n) is 2.46. The molecule has 0 radical (unpaired) electrons. The molecule has 1 saturated heterocycles. The maximum atomic E-state index is 12.4. The molecule has 0 saturated carbocycles. The van der Waals surface area contributed by atoms with E-state index in [2.05, 4.69) is 10.2 Å². The minimum absolute atomic E-state index is 0.159. The van der Waals surface area contributed by atoms with Crippen molar-refractivity contribution in [3.63, 3.8) is 0 Å². The number of carbonyl (C=O) groups is 2. The second-order valence-electron chi connectivity index (χ2n) is 4.85. The highest BCUT2D eigenvalue weighted by molar-refractivity contribution is 5.95. The number of amides is 1. The van der Waals surface area contributed by atoms with Gasteiger partial charge in [-0.05, 0) is 25.0 Å². The summed E-state index contributed by atoms with van der Waals surface area (Å²) in [5.74, 6) is -1.36. The third kappa shape index (κ3) is 2.49. The van der Waals surface area contributed by atoms with Crippen molar-refractivity contribution in [2.24, 2.45) is 0 Å². The van der Waals surface area contributed by atoms with Crippen LogP contribution in [0.4, 0.5) is 0 Å². The van der Waals surface area contributed by atoms with Crippen LogP contribution in [0, 0.1) is 0 Å². The summed E-state index contributed by atoms with van der Waals surface area (Å²) in [5.41, 5.74) is 0.903. The van der Waals surface area contributed by atoms with Gasteiger partial charge in [0.15, 0.2) is 5.69 Å². The maximum Gasteiger partial charge on any atom is 0.326 e. The van der Waals surface area contributed by atoms with E-state index in [1.54, 1.807) is 0 Å². The van der Waals surface area contributed by atoms with E-state index in [9.17, 15) is 9.59 Å². The Bertz CT molecular complexity index is 668. The van der Waals surface area contributed by atoms with E-state index >= 15 is 0 Å². The molecule has 0 bridgehead atoms. The van der Waals surface area contributed by atoms with Crippen molar-refractivity contribution < 1.29 is 14.7 Å². The average molecular weight is 286 g/mol. The van der Waals surface area contributed by atoms with Gasteiger partial charge in [0.1, 0.15) is 6.04 Å². The fraction of sp³-hybridized carbons (Fsp3) is 0.286. The van der Waals surface area contributed by atoms with Crippen LogP contribution in [0.5, 0.6) is 0 Å². The lowest BCUT2D eigenvalue weighted by atomic mass is 10.2. The van der Waals surface area contributed by atoms with Crippen molar-refractivity contribution in [1.82, 2.24) is 19.9 Å². The summed E-state index contributed by atoms with van der Waals surface area (Å²) in [7, 11) is 0. The Morgan fingerprint density at radius 3 is 2.71 bits per heavy atom. The summed E-state index contributed by atoms with van der Waals surface area (Å²) in [6, 6.07) is 8.46. The van der Waals surface area contributed by atoms with Crippen LogP contribution in [0.2, 0.25) is 0 Å². The molecule has 2 aromatic rings. The number of nitrogens with zero attached hydrogens (tertiary/aromatic N) is 4. The topological polar surface area (TPSA) is 88.3 Å². The number of aromatic nitrogens is 3. The number of rotatable bonds is 3. The predicted octanol–water partition coefficient (Wildman–Crippen LogP) is 0.956. The zero-order valence-corrected chi connectivity index (χ0v) is 11.2. The Labute approximate surface area is 120 Å². The van der Waals surface area contributed by atoms with Crippen LogP contribution in [0.1, 0.15) is 23.3 Å². The highest BCUT2D eigenvalue weighted by Crippen LogP contribution is 2.19. The normalized spacial score (nSPS) is 17.9. The van der Waals surface area contributed by atoms with Crippen molar-refractivity contribution in [3.05, 3.63) is 42.2 Å². The fourth-order valence-corrected chi connectivity index (χ4v) is 2.46. The Morgan fingerprint density at radius 2 is 2.00 bits per heavy atom. The molecule has 1 fully saturated rings. The number of hydrogen-bond acceptors (Lipinski definition) is 4. The van der Waals surface area contributed by atoms with E-state index in [0.717, 1.165) is 5.69 Å². The standard InChI is InChI=1S/C14H14N4O3/c19-13(17-8-4-7-12(17)14(20)21)11-9-15-18(16-11)10-5-2-1-3-6-10/h1-3,5-6,9,12H,4,7-8H2,(H,20,21)/t12-/m0/s1. The summed E-state index contributed by atoms with van der Waals surface area (Å²) >= 11 is 0. The molecular formula is C14H14N4O3. The van der Waals surface area contributed by atoms with Crippen molar-refractivity contribution >= 4 is 11.9 Å². The number of likely N-dealkylation sites (tertiary alicyclic amines) is 1. The molecule has 7 heteroatoms. The van der Waals surface area contributed by atoms with E-state index < -0.39 is 12.0 Å². The smallest absolute Gasteiger partial charge is 0.326 e. The maximum absolute atomic E-state index is 12.4. The second-order valence-corrected chi connectivity index (χ2v) is 4.85. The molecule has 3 rings (SSSR count). The first-order valence-electron chi connectivity index (χ1n) is 6.68. The Morgan fingerprint density at radius 1 is 1.24 bits per heavy atom. The third-order valence-corrected chi connectivity index (χ3v) is 3.50. The van der Waals surface area contributed by atoms with Crippen LogP contribution in [0.3, 0.4) is 0 Å². The van der Waals surface area contributed by atoms with Gasteiger partial charge >= 0.3 is 5.97 Å². The predicted molar refractivity (Wildman–Crippen MR) is 73.1 cm³/mol. The number of para-hydroxylation sites is 1. The first kappa shape index (κ1) is 13.3. The van der Waals surface area contributed by atoms with Crippen molar-refractivity contribution in [3.8, 4) is 5.69 Å². The number of aliphatic carboxylic acids is 1. The highest BCUT2D eigenvalue weighted by atomic mass is 16.4. The largest absolute Gasteiger partial charge is 0.480 e. The van der Waals surface area contributed by atoms with Crippen molar-refractivity contribution in [2.75, 3.05) is 6.54 Å². The molecule has 2 heterocycles. The lowest BCUT2D eigenvalue weighted by Gasteiger charge is -2.19. The zero-order valence-electron chi connectivity index (χ0n) is 11.2. The van der Waals surface area contributed by atoms with Crippen LogP contribution < -0.4 is 0 Å². The minimum Gasteiger partial charge on any atom is -0.480 e. The number of carbonyl (C=O) groups excluding carboxylic acids is 1. The summed E-state index contributed by atoms with van der Waals surface area (Å²) in [4.78, 5) is 26.2. The van der Waals surface area contributed by atoms with Gasteiger partial charge in [-0.3, -0.25) is 4.79 Å². The zero-order chi connectivity index (χ0) is 14.8. The monoisotopic (exact) mass is 286 g/mol. The first-order chi connectivity index (χ1) is 10.2. The summed E-state index contributed by atoms with van der Waals surface area (Å²) in [6.45, 7) is 0.438. The highest BCUT2D eigenvalue weighted by Gasteiger charge is 2.35. The van der Waals surface area contributed by atoms with Gasteiger partial charge in [-0.15, -0.1) is 5.10 Å². The quantitative estimate of drug-likeness (QED) is 0.907. The Kier molecular flexibility index (Phi) is 3.39. The second kappa shape index (κ2) is 5.35. The summed E-state index contributed by atoms with van der Waals surface area (Å²) < 4.78 is 0. The van der Waals surface area contributed by atoms with Gasteiger partial charge in [0, 0.05) is 6.54 Å². The molecule has 108 valence electrons. The van der Waals surface area contributed by atoms with Crippen LogP contribution in [-0.4, -0.2) is 49.5 Å². The van der Waals surface area contributed by atoms with Crippen LogP contribution in [-0.2, 0) is 4.79 Å². The molecule has 7 nitrogen and oxygen atoms in total. The van der Waals surface area contributed by atoms with Gasteiger partial charge in [0.25, 0.3) is 5.91 Å². The molecule has 1 aliphatic heterocycles. The van der Waals surface area contributed by atoms with Crippen LogP contribution in [0.25, 0.3) is 5.69 Å². The molecule has 1 N–H and O–H groups in total. The summed E-state index contributed by atoms with van der Waals surface area (Å²) in [6.07, 6.45) is 2.54. The molecular weight excluding hydrogens is 272 g/mol. The van der Waals surface area contributed by atoms with Gasteiger partial charge in [0.2, 0.25) is 0 Å². The van der Waals surface area contributed by atoms with E-state index in [-0.39, 0.29) is 11.6 Å². The van der Waals surface area contributed by atoms with Gasteiger partial charge in [-0.25, -0.2) is 4.79 Å². The van der Waals surface area contributed by atoms with E-state index in [0.29, 0.717) is 19.4 Å². The number of carboxylic acids is 1. The first-order valence-corrected chi connectivity index (χ1v) is 6.68. The Balaban J connectivity index is 1.83. The Hall–Kier alpha value is -2.70. The molecule has 0 unspecified atom stereocenters. The van der Waals surface area contributed by atoms with Crippen molar-refractivity contribution in [1.29, 1.82) is 0 Å². The lowest BCUT2D eigenvalue weighted by molar-refractivity contribution is -0.141. The third-order valence-electron chi connectivity index (χ3n) is 3.50. The van der Waals surface area contributed by atoms with Gasteiger partial charge < -0.3 is 10.0 Å². The molecule has 0 aliphatic carbocycles.